The van der Waals surface area contributed by atoms with Gasteiger partial charge in [0.15, 0.2) is 5.75 Å². The minimum atomic E-state index is 0.878. The molecule has 1 aromatic heterocycles. The molecule has 5 heteroatoms. The summed E-state index contributed by atoms with van der Waals surface area (Å²) in [5.41, 5.74) is 13.4. The topological polar surface area (TPSA) is 15.7 Å². The summed E-state index contributed by atoms with van der Waals surface area (Å²) < 4.78 is 9.83. The molecule has 2 aliphatic heterocycles. The first-order valence-corrected chi connectivity index (χ1v) is 22.9. The Morgan fingerprint density at radius 3 is 1.76 bits per heavy atom. The zero-order valence-electron chi connectivity index (χ0n) is 33.9. The van der Waals surface area contributed by atoms with E-state index < -0.39 is 0 Å². The summed E-state index contributed by atoms with van der Waals surface area (Å²) in [5.74, 6) is 1.81. The lowest BCUT2D eigenvalue weighted by atomic mass is 9.93. The fourth-order valence-electron chi connectivity index (χ4n) is 9.54. The molecule has 0 amide bonds. The van der Waals surface area contributed by atoms with E-state index in [0.717, 1.165) is 66.4 Å². The van der Waals surface area contributed by atoms with Crippen molar-refractivity contribution < 1.29 is 4.74 Å². The minimum absolute atomic E-state index is 0.878. The lowest BCUT2D eigenvalue weighted by Crippen LogP contribution is -2.14. The Bertz CT molecular complexity index is 3500. The molecular weight excluding hydrogens is 805 g/mol. The SMILES string of the molecule is c1ccc(-c2cccc(N(c3ccc(N4c5ccccc5-c5cc6c7ccccc7sc6c6ccc7c(c56)Oc5c(cccc54)S7)cc3)c3cccc(-c4ccccc4)c3)c2)cc1. The van der Waals surface area contributed by atoms with Crippen LogP contribution in [0.5, 0.6) is 11.5 Å². The third-order valence-electron chi connectivity index (χ3n) is 12.4. The molecule has 2 aliphatic rings. The zero-order valence-corrected chi connectivity index (χ0v) is 35.5. The van der Waals surface area contributed by atoms with Gasteiger partial charge in [0.2, 0.25) is 0 Å². The summed E-state index contributed by atoms with van der Waals surface area (Å²) in [4.78, 5) is 7.01. The van der Waals surface area contributed by atoms with Gasteiger partial charge in [0.25, 0.3) is 0 Å². The van der Waals surface area contributed by atoms with Crippen molar-refractivity contribution in [2.75, 3.05) is 9.80 Å². The van der Waals surface area contributed by atoms with Crippen LogP contribution in [0.4, 0.5) is 34.1 Å². The molecule has 0 unspecified atom stereocenters. The van der Waals surface area contributed by atoms with Crippen molar-refractivity contribution in [3.8, 4) is 44.9 Å². The third-order valence-corrected chi connectivity index (χ3v) is 14.7. The molecular formula is C58H36N2OS2. The Morgan fingerprint density at radius 2 is 1.02 bits per heavy atom. The van der Waals surface area contributed by atoms with Gasteiger partial charge in [-0.3, -0.25) is 0 Å². The van der Waals surface area contributed by atoms with E-state index in [0.29, 0.717) is 0 Å². The quantitative estimate of drug-likeness (QED) is 0.166. The number of para-hydroxylation sites is 2. The molecule has 0 radical (unpaired) electrons. The number of benzene rings is 10. The van der Waals surface area contributed by atoms with E-state index in [-0.39, 0.29) is 0 Å². The van der Waals surface area contributed by atoms with Crippen LogP contribution >= 0.6 is 23.1 Å². The normalized spacial score (nSPS) is 12.5. The minimum Gasteiger partial charge on any atom is -0.452 e. The molecule has 0 spiro atoms. The smallest absolute Gasteiger partial charge is 0.165 e. The molecule has 13 rings (SSSR count). The molecule has 3 nitrogen and oxygen atoms in total. The second kappa shape index (κ2) is 14.5. The van der Waals surface area contributed by atoms with Gasteiger partial charge in [-0.1, -0.05) is 145 Å². The summed E-state index contributed by atoms with van der Waals surface area (Å²) in [5, 5.41) is 4.95. The van der Waals surface area contributed by atoms with Crippen LogP contribution in [-0.4, -0.2) is 0 Å². The van der Waals surface area contributed by atoms with Crippen LogP contribution < -0.4 is 14.5 Å². The number of rotatable bonds is 6. The van der Waals surface area contributed by atoms with Gasteiger partial charge in [-0.2, -0.15) is 0 Å². The molecule has 10 aromatic carbocycles. The summed E-state index contributed by atoms with van der Waals surface area (Å²) in [6.07, 6.45) is 0. The maximum atomic E-state index is 7.25. The van der Waals surface area contributed by atoms with Crippen molar-refractivity contribution in [1.82, 2.24) is 0 Å². The van der Waals surface area contributed by atoms with Crippen LogP contribution in [0.1, 0.15) is 0 Å². The van der Waals surface area contributed by atoms with Gasteiger partial charge in [0, 0.05) is 59.3 Å². The molecule has 11 aromatic rings. The molecule has 63 heavy (non-hydrogen) atoms. The average molecular weight is 841 g/mol. The van der Waals surface area contributed by atoms with Crippen LogP contribution in [0, 0.1) is 0 Å². The first kappa shape index (κ1) is 36.1. The Kier molecular flexibility index (Phi) is 8.33. The van der Waals surface area contributed by atoms with Gasteiger partial charge >= 0.3 is 0 Å². The predicted octanol–water partition coefficient (Wildman–Crippen LogP) is 17.7. The average Bonchev–Trinajstić information content (AvgIpc) is 3.75. The Morgan fingerprint density at radius 1 is 0.397 bits per heavy atom. The number of hydrogen-bond acceptors (Lipinski definition) is 5. The standard InChI is InChI=1S/C58H36N2OS2/c1-3-14-37(15-4-1)39-18-11-20-43(34-39)59(44-21-12-19-40(35-44)38-16-5-2-6-17-38)41-28-30-42(31-29-41)60-50-24-9-7-22-45(50)48-36-49-46-23-8-10-26-52(46)63-58(49)47-32-33-54-57(55(47)48)61-56-51(60)25-13-27-53(56)62-54/h1-36H. The summed E-state index contributed by atoms with van der Waals surface area (Å²) in [6, 6.07) is 79.2. The maximum absolute atomic E-state index is 7.25. The lowest BCUT2D eigenvalue weighted by molar-refractivity contribution is 0.462. The number of anilines is 6. The number of thiophene rings is 1. The molecule has 0 saturated heterocycles. The van der Waals surface area contributed by atoms with Crippen molar-refractivity contribution in [2.45, 2.75) is 9.79 Å². The van der Waals surface area contributed by atoms with Gasteiger partial charge in [-0.25, -0.2) is 0 Å². The Labute approximate surface area is 373 Å². The second-order valence-electron chi connectivity index (χ2n) is 16.1. The van der Waals surface area contributed by atoms with E-state index in [1.54, 1.807) is 11.8 Å². The molecule has 0 aliphatic carbocycles. The Hall–Kier alpha value is -7.57. The van der Waals surface area contributed by atoms with Crippen LogP contribution in [0.25, 0.3) is 64.3 Å². The van der Waals surface area contributed by atoms with Crippen LogP contribution in [0.15, 0.2) is 228 Å². The van der Waals surface area contributed by atoms with E-state index in [4.69, 9.17) is 4.74 Å². The molecule has 296 valence electrons. The van der Waals surface area contributed by atoms with E-state index in [2.05, 4.69) is 228 Å². The van der Waals surface area contributed by atoms with E-state index in [9.17, 15) is 0 Å². The molecule has 0 N–H and O–H groups in total. The van der Waals surface area contributed by atoms with E-state index >= 15 is 0 Å². The van der Waals surface area contributed by atoms with Gasteiger partial charge in [0.1, 0.15) is 5.75 Å². The van der Waals surface area contributed by atoms with Crippen LogP contribution in [0.2, 0.25) is 0 Å². The third kappa shape index (κ3) is 5.89. The van der Waals surface area contributed by atoms with Crippen molar-refractivity contribution in [3.05, 3.63) is 218 Å². The predicted molar refractivity (Wildman–Crippen MR) is 267 cm³/mol. The highest BCUT2D eigenvalue weighted by Crippen LogP contribution is 2.60. The summed E-state index contributed by atoms with van der Waals surface area (Å²) >= 11 is 3.66. The van der Waals surface area contributed by atoms with Crippen molar-refractivity contribution in [2.24, 2.45) is 0 Å². The molecule has 0 saturated carbocycles. The fraction of sp³-hybridized carbons (Fsp3) is 0. The second-order valence-corrected chi connectivity index (χ2v) is 18.2. The highest BCUT2D eigenvalue weighted by Gasteiger charge is 2.32. The number of nitrogens with zero attached hydrogens (tertiary/aromatic N) is 2. The Balaban J connectivity index is 1.01. The molecule has 3 heterocycles. The highest BCUT2D eigenvalue weighted by atomic mass is 32.2. The summed E-state index contributed by atoms with van der Waals surface area (Å²) in [6.45, 7) is 0. The van der Waals surface area contributed by atoms with Crippen molar-refractivity contribution in [3.63, 3.8) is 0 Å². The van der Waals surface area contributed by atoms with Crippen LogP contribution in [0.3, 0.4) is 0 Å². The lowest BCUT2D eigenvalue weighted by Gasteiger charge is -2.31. The first-order valence-electron chi connectivity index (χ1n) is 21.2. The van der Waals surface area contributed by atoms with Gasteiger partial charge in [-0.15, -0.1) is 11.3 Å². The van der Waals surface area contributed by atoms with Crippen molar-refractivity contribution in [1.29, 1.82) is 0 Å². The molecule has 2 bridgehead atoms. The molecule has 0 atom stereocenters. The van der Waals surface area contributed by atoms with Crippen LogP contribution in [-0.2, 0) is 0 Å². The highest BCUT2D eigenvalue weighted by molar-refractivity contribution is 7.99. The van der Waals surface area contributed by atoms with Gasteiger partial charge in [-0.05, 0) is 113 Å². The largest absolute Gasteiger partial charge is 0.452 e. The number of hydrogen-bond donors (Lipinski definition) is 0. The van der Waals surface area contributed by atoms with E-state index in [1.165, 1.54) is 53.4 Å². The fourth-order valence-corrected chi connectivity index (χ4v) is 11.7. The van der Waals surface area contributed by atoms with Gasteiger partial charge < -0.3 is 14.5 Å². The monoisotopic (exact) mass is 840 g/mol. The van der Waals surface area contributed by atoms with Gasteiger partial charge in [0.05, 0.1) is 21.2 Å². The first-order chi connectivity index (χ1) is 31.2. The number of ether oxygens (including phenoxy) is 1. The zero-order chi connectivity index (χ0) is 41.4. The van der Waals surface area contributed by atoms with Crippen molar-refractivity contribution >= 4 is 88.2 Å². The molecule has 0 fully saturated rings. The van der Waals surface area contributed by atoms with E-state index in [1.807, 2.05) is 11.3 Å². The number of fused-ring (bicyclic) bond motifs is 6. The maximum Gasteiger partial charge on any atom is 0.165 e. The summed E-state index contributed by atoms with van der Waals surface area (Å²) in [7, 11) is 0.